The minimum Gasteiger partial charge on any atom is -0.380 e. The quantitative estimate of drug-likeness (QED) is 0.778. The summed E-state index contributed by atoms with van der Waals surface area (Å²) in [6.07, 6.45) is 2.92. The van der Waals surface area contributed by atoms with Crippen LogP contribution in [0.5, 0.6) is 0 Å². The van der Waals surface area contributed by atoms with Crippen molar-refractivity contribution in [3.05, 3.63) is 23.9 Å². The average Bonchev–Trinajstić information content (AvgIpc) is 2.58. The van der Waals surface area contributed by atoms with Crippen LogP contribution in [0.25, 0.3) is 0 Å². The van der Waals surface area contributed by atoms with Crippen molar-refractivity contribution >= 4 is 5.82 Å². The molecule has 1 fully saturated rings. The van der Waals surface area contributed by atoms with Gasteiger partial charge in [0.25, 0.3) is 0 Å². The van der Waals surface area contributed by atoms with Gasteiger partial charge in [-0.15, -0.1) is 0 Å². The highest BCUT2D eigenvalue weighted by Gasteiger charge is 2.10. The van der Waals surface area contributed by atoms with Crippen molar-refractivity contribution < 1.29 is 4.74 Å². The van der Waals surface area contributed by atoms with Gasteiger partial charge in [-0.2, -0.15) is 0 Å². The van der Waals surface area contributed by atoms with Crippen molar-refractivity contribution in [1.82, 2.24) is 4.98 Å². The van der Waals surface area contributed by atoms with E-state index < -0.39 is 0 Å². The lowest BCUT2D eigenvalue weighted by Crippen LogP contribution is -2.26. The molecule has 0 aromatic carbocycles. The molecule has 15 heavy (non-hydrogen) atoms. The largest absolute Gasteiger partial charge is 0.380 e. The number of aromatic nitrogens is 1. The Morgan fingerprint density at radius 2 is 2.27 bits per heavy atom. The predicted molar refractivity (Wildman–Crippen MR) is 59.8 cm³/mol. The van der Waals surface area contributed by atoms with Crippen LogP contribution < -0.4 is 10.6 Å². The lowest BCUT2D eigenvalue weighted by Gasteiger charge is -2.20. The van der Waals surface area contributed by atoms with Gasteiger partial charge in [0.15, 0.2) is 0 Å². The molecular weight excluding hydrogens is 190 g/mol. The van der Waals surface area contributed by atoms with Crippen LogP contribution in [0.3, 0.4) is 0 Å². The molecule has 1 aliphatic rings. The molecule has 0 radical (unpaired) electrons. The molecule has 0 aliphatic carbocycles. The van der Waals surface area contributed by atoms with Gasteiger partial charge in [-0.1, -0.05) is 6.07 Å². The first-order valence-electron chi connectivity index (χ1n) is 5.38. The van der Waals surface area contributed by atoms with Crippen molar-refractivity contribution in [2.45, 2.75) is 13.0 Å². The van der Waals surface area contributed by atoms with Crippen LogP contribution in [-0.4, -0.2) is 31.3 Å². The SMILES string of the molecule is NCc1ccc(N2CCCOCC2)nc1. The Morgan fingerprint density at radius 1 is 1.33 bits per heavy atom. The fraction of sp³-hybridized carbons (Fsp3) is 0.545. The zero-order chi connectivity index (χ0) is 10.5. The third kappa shape index (κ3) is 2.67. The lowest BCUT2D eigenvalue weighted by atomic mass is 10.3. The summed E-state index contributed by atoms with van der Waals surface area (Å²) in [7, 11) is 0. The molecule has 0 spiro atoms. The molecule has 0 amide bonds. The van der Waals surface area contributed by atoms with Gasteiger partial charge in [0.2, 0.25) is 0 Å². The number of nitrogens with two attached hydrogens (primary N) is 1. The van der Waals surface area contributed by atoms with Crippen LogP contribution in [0, 0.1) is 0 Å². The van der Waals surface area contributed by atoms with E-state index in [9.17, 15) is 0 Å². The van der Waals surface area contributed by atoms with Gasteiger partial charge in [-0.25, -0.2) is 4.98 Å². The van der Waals surface area contributed by atoms with Gasteiger partial charge in [-0.3, -0.25) is 0 Å². The van der Waals surface area contributed by atoms with Crippen LogP contribution in [-0.2, 0) is 11.3 Å². The van der Waals surface area contributed by atoms with E-state index in [-0.39, 0.29) is 0 Å². The maximum Gasteiger partial charge on any atom is 0.128 e. The first kappa shape index (κ1) is 10.4. The van der Waals surface area contributed by atoms with E-state index in [2.05, 4.69) is 9.88 Å². The van der Waals surface area contributed by atoms with Crippen LogP contribution in [0.15, 0.2) is 18.3 Å². The topological polar surface area (TPSA) is 51.4 Å². The molecule has 4 nitrogen and oxygen atoms in total. The third-order valence-electron chi connectivity index (χ3n) is 2.59. The molecule has 1 aliphatic heterocycles. The van der Waals surface area contributed by atoms with E-state index in [0.29, 0.717) is 6.54 Å². The number of anilines is 1. The fourth-order valence-electron chi connectivity index (χ4n) is 1.70. The monoisotopic (exact) mass is 207 g/mol. The second-order valence-electron chi connectivity index (χ2n) is 3.68. The van der Waals surface area contributed by atoms with Gasteiger partial charge >= 0.3 is 0 Å². The number of nitrogens with zero attached hydrogens (tertiary/aromatic N) is 2. The highest BCUT2D eigenvalue weighted by Crippen LogP contribution is 2.13. The molecule has 0 unspecified atom stereocenters. The highest BCUT2D eigenvalue weighted by atomic mass is 16.5. The Balaban J connectivity index is 2.06. The molecule has 2 rings (SSSR count). The standard InChI is InChI=1S/C11H17N3O/c12-8-10-2-3-11(13-9-10)14-4-1-6-15-7-5-14/h2-3,9H,1,4-8,12H2. The number of pyridine rings is 1. The van der Waals surface area contributed by atoms with Crippen molar-refractivity contribution in [3.8, 4) is 0 Å². The zero-order valence-electron chi connectivity index (χ0n) is 8.85. The maximum absolute atomic E-state index is 5.53. The summed E-state index contributed by atoms with van der Waals surface area (Å²) < 4.78 is 5.40. The van der Waals surface area contributed by atoms with Gasteiger partial charge < -0.3 is 15.4 Å². The Kier molecular flexibility index (Phi) is 3.53. The molecule has 0 atom stereocenters. The summed E-state index contributed by atoms with van der Waals surface area (Å²) in [6, 6.07) is 4.07. The van der Waals surface area contributed by atoms with E-state index in [0.717, 1.165) is 44.1 Å². The molecule has 82 valence electrons. The van der Waals surface area contributed by atoms with Crippen molar-refractivity contribution in [3.63, 3.8) is 0 Å². The summed E-state index contributed by atoms with van der Waals surface area (Å²) >= 11 is 0. The number of rotatable bonds is 2. The normalized spacial score (nSPS) is 17.5. The molecule has 4 heteroatoms. The van der Waals surface area contributed by atoms with Crippen molar-refractivity contribution in [1.29, 1.82) is 0 Å². The Hall–Kier alpha value is -1.13. The van der Waals surface area contributed by atoms with Crippen LogP contribution in [0.4, 0.5) is 5.82 Å². The molecule has 1 aromatic rings. The average molecular weight is 207 g/mol. The van der Waals surface area contributed by atoms with Gasteiger partial charge in [0.05, 0.1) is 6.61 Å². The summed E-state index contributed by atoms with van der Waals surface area (Å²) in [5.41, 5.74) is 6.60. The minimum atomic E-state index is 0.552. The van der Waals surface area contributed by atoms with E-state index in [4.69, 9.17) is 10.5 Å². The first-order chi connectivity index (χ1) is 7.40. The molecular formula is C11H17N3O. The maximum atomic E-state index is 5.53. The lowest BCUT2D eigenvalue weighted by molar-refractivity contribution is 0.152. The molecule has 1 saturated heterocycles. The van der Waals surface area contributed by atoms with Crippen LogP contribution >= 0.6 is 0 Å². The highest BCUT2D eigenvalue weighted by molar-refractivity contribution is 5.39. The van der Waals surface area contributed by atoms with Crippen LogP contribution in [0.2, 0.25) is 0 Å². The van der Waals surface area contributed by atoms with Crippen molar-refractivity contribution in [2.24, 2.45) is 5.73 Å². The van der Waals surface area contributed by atoms with E-state index in [1.165, 1.54) is 0 Å². The van der Waals surface area contributed by atoms with E-state index in [1.807, 2.05) is 18.3 Å². The Labute approximate surface area is 90.0 Å². The predicted octanol–water partition coefficient (Wildman–Crippen LogP) is 0.767. The molecule has 0 bridgehead atoms. The molecule has 2 heterocycles. The smallest absolute Gasteiger partial charge is 0.128 e. The fourth-order valence-corrected chi connectivity index (χ4v) is 1.70. The summed E-state index contributed by atoms with van der Waals surface area (Å²) in [4.78, 5) is 6.66. The van der Waals surface area contributed by atoms with Gasteiger partial charge in [-0.05, 0) is 18.1 Å². The van der Waals surface area contributed by atoms with Gasteiger partial charge in [0, 0.05) is 32.4 Å². The Bertz CT molecular complexity index is 291. The number of hydrogen-bond acceptors (Lipinski definition) is 4. The minimum absolute atomic E-state index is 0.552. The number of hydrogen-bond donors (Lipinski definition) is 1. The third-order valence-corrected chi connectivity index (χ3v) is 2.59. The summed E-state index contributed by atoms with van der Waals surface area (Å²) in [5.74, 6) is 1.03. The van der Waals surface area contributed by atoms with Crippen molar-refractivity contribution in [2.75, 3.05) is 31.2 Å². The van der Waals surface area contributed by atoms with E-state index in [1.54, 1.807) is 0 Å². The number of ether oxygens (including phenoxy) is 1. The van der Waals surface area contributed by atoms with Crippen LogP contribution in [0.1, 0.15) is 12.0 Å². The first-order valence-corrected chi connectivity index (χ1v) is 5.38. The molecule has 1 aromatic heterocycles. The molecule has 0 saturated carbocycles. The zero-order valence-corrected chi connectivity index (χ0v) is 8.85. The summed E-state index contributed by atoms with van der Waals surface area (Å²) in [6.45, 7) is 4.15. The second kappa shape index (κ2) is 5.09. The Morgan fingerprint density at radius 3 is 3.00 bits per heavy atom. The molecule has 2 N–H and O–H groups in total. The second-order valence-corrected chi connectivity index (χ2v) is 3.68. The van der Waals surface area contributed by atoms with Gasteiger partial charge in [0.1, 0.15) is 5.82 Å². The van der Waals surface area contributed by atoms with E-state index >= 15 is 0 Å². The summed E-state index contributed by atoms with van der Waals surface area (Å²) in [5, 5.41) is 0.